The fourth-order valence-electron chi connectivity index (χ4n) is 1.03. The highest BCUT2D eigenvalue weighted by Crippen LogP contribution is 2.15. The van der Waals surface area contributed by atoms with Crippen LogP contribution in [0.15, 0.2) is 0 Å². The summed E-state index contributed by atoms with van der Waals surface area (Å²) in [7, 11) is 1.66. The standard InChI is InChI=1S/C9H17N3O2S/c1-4-10-9-12-11-8(15-9)6-14-7(2)5-13-3/h7H,4-6H2,1-3H3,(H,10,12). The molecule has 15 heavy (non-hydrogen) atoms. The summed E-state index contributed by atoms with van der Waals surface area (Å²) in [6.45, 7) is 5.94. The van der Waals surface area contributed by atoms with Crippen molar-refractivity contribution in [2.24, 2.45) is 0 Å². The summed E-state index contributed by atoms with van der Waals surface area (Å²) in [5.41, 5.74) is 0. The Labute approximate surface area is 93.8 Å². The Balaban J connectivity index is 2.30. The second-order valence-corrected chi connectivity index (χ2v) is 4.17. The fraction of sp³-hybridized carbons (Fsp3) is 0.778. The van der Waals surface area contributed by atoms with Gasteiger partial charge >= 0.3 is 0 Å². The van der Waals surface area contributed by atoms with Crippen LogP contribution >= 0.6 is 11.3 Å². The third-order valence-corrected chi connectivity index (χ3v) is 2.54. The third-order valence-electron chi connectivity index (χ3n) is 1.69. The van der Waals surface area contributed by atoms with Crippen LogP contribution in [0.4, 0.5) is 5.13 Å². The van der Waals surface area contributed by atoms with E-state index in [0.29, 0.717) is 13.2 Å². The molecule has 0 aromatic carbocycles. The van der Waals surface area contributed by atoms with E-state index in [2.05, 4.69) is 15.5 Å². The molecule has 1 aromatic heterocycles. The Morgan fingerprint density at radius 1 is 1.47 bits per heavy atom. The Morgan fingerprint density at radius 3 is 2.93 bits per heavy atom. The van der Waals surface area contributed by atoms with Gasteiger partial charge in [-0.05, 0) is 13.8 Å². The molecule has 5 nitrogen and oxygen atoms in total. The molecule has 1 atom stereocenters. The van der Waals surface area contributed by atoms with Crippen LogP contribution in [0, 0.1) is 0 Å². The third kappa shape index (κ3) is 4.55. The van der Waals surface area contributed by atoms with Crippen LogP contribution in [-0.2, 0) is 16.1 Å². The Kier molecular flexibility index (Phi) is 5.52. The highest BCUT2D eigenvalue weighted by atomic mass is 32.1. The molecule has 0 bridgehead atoms. The van der Waals surface area contributed by atoms with Crippen molar-refractivity contribution in [1.82, 2.24) is 10.2 Å². The molecule has 0 spiro atoms. The molecule has 1 rings (SSSR count). The zero-order chi connectivity index (χ0) is 11.1. The van der Waals surface area contributed by atoms with Gasteiger partial charge in [0.2, 0.25) is 5.13 Å². The fourth-order valence-corrected chi connectivity index (χ4v) is 1.76. The largest absolute Gasteiger partial charge is 0.382 e. The first-order valence-electron chi connectivity index (χ1n) is 4.93. The van der Waals surface area contributed by atoms with Gasteiger partial charge in [-0.25, -0.2) is 0 Å². The lowest BCUT2D eigenvalue weighted by Crippen LogP contribution is -2.14. The molecule has 0 amide bonds. The quantitative estimate of drug-likeness (QED) is 0.771. The summed E-state index contributed by atoms with van der Waals surface area (Å²) in [5.74, 6) is 0. The summed E-state index contributed by atoms with van der Waals surface area (Å²) >= 11 is 1.52. The van der Waals surface area contributed by atoms with Gasteiger partial charge in [-0.15, -0.1) is 10.2 Å². The molecule has 0 aliphatic heterocycles. The SMILES string of the molecule is CCNc1nnc(COC(C)COC)s1. The minimum Gasteiger partial charge on any atom is -0.382 e. The average molecular weight is 231 g/mol. The van der Waals surface area contributed by atoms with Crippen molar-refractivity contribution in [3.05, 3.63) is 5.01 Å². The van der Waals surface area contributed by atoms with E-state index in [1.807, 2.05) is 13.8 Å². The number of ether oxygens (including phenoxy) is 2. The molecule has 0 saturated carbocycles. The van der Waals surface area contributed by atoms with E-state index in [0.717, 1.165) is 16.7 Å². The van der Waals surface area contributed by atoms with E-state index in [-0.39, 0.29) is 6.10 Å². The van der Waals surface area contributed by atoms with E-state index in [9.17, 15) is 0 Å². The zero-order valence-corrected chi connectivity index (χ0v) is 10.1. The van der Waals surface area contributed by atoms with Crippen molar-refractivity contribution in [2.75, 3.05) is 25.6 Å². The van der Waals surface area contributed by atoms with Crippen molar-refractivity contribution in [1.29, 1.82) is 0 Å². The van der Waals surface area contributed by atoms with Crippen molar-refractivity contribution >= 4 is 16.5 Å². The highest BCUT2D eigenvalue weighted by molar-refractivity contribution is 7.15. The number of hydrogen-bond acceptors (Lipinski definition) is 6. The Morgan fingerprint density at radius 2 is 2.27 bits per heavy atom. The molecular weight excluding hydrogens is 214 g/mol. The number of anilines is 1. The Hall–Kier alpha value is -0.720. The average Bonchev–Trinajstić information content (AvgIpc) is 2.64. The van der Waals surface area contributed by atoms with Gasteiger partial charge in [-0.2, -0.15) is 0 Å². The topological polar surface area (TPSA) is 56.3 Å². The lowest BCUT2D eigenvalue weighted by atomic mass is 10.4. The van der Waals surface area contributed by atoms with Crippen LogP contribution in [0.5, 0.6) is 0 Å². The van der Waals surface area contributed by atoms with Crippen LogP contribution < -0.4 is 5.32 Å². The maximum absolute atomic E-state index is 5.52. The second kappa shape index (κ2) is 6.71. The van der Waals surface area contributed by atoms with Crippen LogP contribution in [0.2, 0.25) is 0 Å². The first-order valence-corrected chi connectivity index (χ1v) is 5.74. The van der Waals surface area contributed by atoms with Gasteiger partial charge in [0.15, 0.2) is 0 Å². The summed E-state index contributed by atoms with van der Waals surface area (Å²) in [6, 6.07) is 0. The van der Waals surface area contributed by atoms with Crippen molar-refractivity contribution < 1.29 is 9.47 Å². The summed E-state index contributed by atoms with van der Waals surface area (Å²) in [5, 5.41) is 12.8. The highest BCUT2D eigenvalue weighted by Gasteiger charge is 2.06. The van der Waals surface area contributed by atoms with Gasteiger partial charge in [0.25, 0.3) is 0 Å². The predicted octanol–water partition coefficient (Wildman–Crippen LogP) is 1.52. The number of aromatic nitrogens is 2. The smallest absolute Gasteiger partial charge is 0.205 e. The normalized spacial score (nSPS) is 12.7. The van der Waals surface area contributed by atoms with Crippen LogP contribution in [0.25, 0.3) is 0 Å². The molecule has 86 valence electrons. The van der Waals surface area contributed by atoms with E-state index in [4.69, 9.17) is 9.47 Å². The molecule has 0 aliphatic carbocycles. The predicted molar refractivity (Wildman–Crippen MR) is 60.2 cm³/mol. The van der Waals surface area contributed by atoms with Gasteiger partial charge < -0.3 is 14.8 Å². The molecule has 0 aliphatic rings. The van der Waals surface area contributed by atoms with E-state index < -0.39 is 0 Å². The summed E-state index contributed by atoms with van der Waals surface area (Å²) in [6.07, 6.45) is 0.0847. The molecule has 1 aromatic rings. The number of nitrogens with one attached hydrogen (secondary N) is 1. The molecular formula is C9H17N3O2S. The number of methoxy groups -OCH3 is 1. The lowest BCUT2D eigenvalue weighted by Gasteiger charge is -2.09. The van der Waals surface area contributed by atoms with Gasteiger partial charge in [0.1, 0.15) is 11.6 Å². The second-order valence-electron chi connectivity index (χ2n) is 3.11. The molecule has 1 unspecified atom stereocenters. The molecule has 0 saturated heterocycles. The molecule has 0 fully saturated rings. The summed E-state index contributed by atoms with van der Waals surface area (Å²) in [4.78, 5) is 0. The maximum Gasteiger partial charge on any atom is 0.205 e. The van der Waals surface area contributed by atoms with E-state index in [1.165, 1.54) is 11.3 Å². The van der Waals surface area contributed by atoms with E-state index in [1.54, 1.807) is 7.11 Å². The van der Waals surface area contributed by atoms with Crippen molar-refractivity contribution in [3.8, 4) is 0 Å². The maximum atomic E-state index is 5.52. The molecule has 1 heterocycles. The first kappa shape index (κ1) is 12.4. The summed E-state index contributed by atoms with van der Waals surface area (Å²) < 4.78 is 10.5. The van der Waals surface area contributed by atoms with Crippen LogP contribution in [-0.4, -0.2) is 36.6 Å². The van der Waals surface area contributed by atoms with E-state index >= 15 is 0 Å². The molecule has 0 radical (unpaired) electrons. The number of rotatable bonds is 7. The minimum absolute atomic E-state index is 0.0847. The monoisotopic (exact) mass is 231 g/mol. The van der Waals surface area contributed by atoms with Crippen molar-refractivity contribution in [3.63, 3.8) is 0 Å². The Bertz CT molecular complexity index is 280. The van der Waals surface area contributed by atoms with Crippen LogP contribution in [0.3, 0.4) is 0 Å². The van der Waals surface area contributed by atoms with Crippen LogP contribution in [0.1, 0.15) is 18.9 Å². The van der Waals surface area contributed by atoms with Crippen molar-refractivity contribution in [2.45, 2.75) is 26.6 Å². The first-order chi connectivity index (χ1) is 7.26. The number of nitrogens with zero attached hydrogens (tertiary/aromatic N) is 2. The molecule has 6 heteroatoms. The van der Waals surface area contributed by atoms with Gasteiger partial charge in [0, 0.05) is 13.7 Å². The van der Waals surface area contributed by atoms with Gasteiger partial charge in [0.05, 0.1) is 12.7 Å². The van der Waals surface area contributed by atoms with Gasteiger partial charge in [-0.1, -0.05) is 11.3 Å². The lowest BCUT2D eigenvalue weighted by molar-refractivity contribution is -0.000356. The molecule has 1 N–H and O–H groups in total. The number of hydrogen-bond donors (Lipinski definition) is 1. The van der Waals surface area contributed by atoms with Gasteiger partial charge in [-0.3, -0.25) is 0 Å². The minimum atomic E-state index is 0.0847. The zero-order valence-electron chi connectivity index (χ0n) is 9.32.